The van der Waals surface area contributed by atoms with Gasteiger partial charge in [-0.15, -0.1) is 11.6 Å². The summed E-state index contributed by atoms with van der Waals surface area (Å²) < 4.78 is 23.0. The van der Waals surface area contributed by atoms with Gasteiger partial charge in [0, 0.05) is 13.1 Å². The highest BCUT2D eigenvalue weighted by atomic mass is 35.5. The summed E-state index contributed by atoms with van der Waals surface area (Å²) in [5, 5.41) is 0. The van der Waals surface area contributed by atoms with Gasteiger partial charge in [0.25, 0.3) is 0 Å². The minimum atomic E-state index is -2.92. The van der Waals surface area contributed by atoms with Crippen LogP contribution in [0, 0.1) is 5.92 Å². The van der Waals surface area contributed by atoms with Crippen LogP contribution >= 0.6 is 11.6 Å². The topological polar surface area (TPSA) is 54.5 Å². The predicted molar refractivity (Wildman–Crippen MR) is 79.3 cm³/mol. The SMILES string of the molecule is O=C(CCl)N(Cc1ccccc1)C[C@@H]1CCS(=O)(=O)C1. The van der Waals surface area contributed by atoms with Crippen LogP contribution in [0.5, 0.6) is 0 Å². The Kier molecular flexibility index (Phi) is 5.05. The van der Waals surface area contributed by atoms with Crippen molar-refractivity contribution in [3.63, 3.8) is 0 Å². The zero-order chi connectivity index (χ0) is 14.6. The predicted octanol–water partition coefficient (Wildman–Crippen LogP) is 1.69. The van der Waals surface area contributed by atoms with E-state index in [9.17, 15) is 13.2 Å². The van der Waals surface area contributed by atoms with E-state index in [4.69, 9.17) is 11.6 Å². The van der Waals surface area contributed by atoms with Crippen LogP contribution in [0.3, 0.4) is 0 Å². The first kappa shape index (κ1) is 15.3. The Morgan fingerprint density at radius 3 is 2.55 bits per heavy atom. The van der Waals surface area contributed by atoms with Gasteiger partial charge in [-0.2, -0.15) is 0 Å². The lowest BCUT2D eigenvalue weighted by atomic mass is 10.1. The molecule has 0 bridgehead atoms. The van der Waals surface area contributed by atoms with E-state index in [0.29, 0.717) is 19.5 Å². The summed E-state index contributed by atoms with van der Waals surface area (Å²) >= 11 is 5.64. The van der Waals surface area contributed by atoms with Crippen LogP contribution in [0.25, 0.3) is 0 Å². The first-order valence-electron chi connectivity index (χ1n) is 6.58. The van der Waals surface area contributed by atoms with Crippen LogP contribution in [-0.2, 0) is 21.2 Å². The van der Waals surface area contributed by atoms with E-state index in [2.05, 4.69) is 0 Å². The molecule has 1 fully saturated rings. The molecule has 0 spiro atoms. The monoisotopic (exact) mass is 315 g/mol. The fourth-order valence-electron chi connectivity index (χ4n) is 2.47. The van der Waals surface area contributed by atoms with Crippen LogP contribution in [0.4, 0.5) is 0 Å². The average molecular weight is 316 g/mol. The Bertz CT molecular complexity index is 559. The number of hydrogen-bond donors (Lipinski definition) is 0. The summed E-state index contributed by atoms with van der Waals surface area (Å²) in [6.45, 7) is 0.933. The molecule has 1 amide bonds. The zero-order valence-corrected chi connectivity index (χ0v) is 12.7. The molecule has 0 unspecified atom stereocenters. The van der Waals surface area contributed by atoms with Gasteiger partial charge in [0.15, 0.2) is 9.84 Å². The number of benzene rings is 1. The normalized spacial score (nSPS) is 20.8. The van der Waals surface area contributed by atoms with Crippen molar-refractivity contribution >= 4 is 27.3 Å². The molecule has 1 aromatic carbocycles. The smallest absolute Gasteiger partial charge is 0.237 e. The van der Waals surface area contributed by atoms with Crippen molar-refractivity contribution in [3.8, 4) is 0 Å². The molecule has 6 heteroatoms. The summed E-state index contributed by atoms with van der Waals surface area (Å²) in [7, 11) is -2.92. The molecule has 110 valence electrons. The third-order valence-electron chi connectivity index (χ3n) is 3.49. The lowest BCUT2D eigenvalue weighted by Gasteiger charge is -2.24. The molecule has 1 atom stereocenters. The summed E-state index contributed by atoms with van der Waals surface area (Å²) in [5.41, 5.74) is 1.02. The number of rotatable bonds is 5. The van der Waals surface area contributed by atoms with Crippen LogP contribution in [0.2, 0.25) is 0 Å². The van der Waals surface area contributed by atoms with E-state index in [1.54, 1.807) is 4.90 Å². The number of nitrogens with zero attached hydrogens (tertiary/aromatic N) is 1. The maximum Gasteiger partial charge on any atom is 0.237 e. The van der Waals surface area contributed by atoms with Gasteiger partial charge in [0.2, 0.25) is 5.91 Å². The molecule has 1 heterocycles. The quantitative estimate of drug-likeness (QED) is 0.777. The number of hydrogen-bond acceptors (Lipinski definition) is 3. The van der Waals surface area contributed by atoms with Gasteiger partial charge in [0.05, 0.1) is 11.5 Å². The molecule has 0 radical (unpaired) electrons. The van der Waals surface area contributed by atoms with E-state index in [0.717, 1.165) is 5.56 Å². The summed E-state index contributed by atoms with van der Waals surface area (Å²) in [4.78, 5) is 13.6. The number of alkyl halides is 1. The molecule has 0 aliphatic carbocycles. The maximum atomic E-state index is 11.9. The summed E-state index contributed by atoms with van der Waals surface area (Å²) in [5.74, 6) is 0.196. The van der Waals surface area contributed by atoms with Crippen LogP contribution in [0.15, 0.2) is 30.3 Å². The maximum absolute atomic E-state index is 11.9. The van der Waals surface area contributed by atoms with E-state index < -0.39 is 9.84 Å². The van der Waals surface area contributed by atoms with Gasteiger partial charge in [-0.1, -0.05) is 30.3 Å². The Morgan fingerprint density at radius 2 is 2.00 bits per heavy atom. The first-order valence-corrected chi connectivity index (χ1v) is 8.94. The van der Waals surface area contributed by atoms with Crippen LogP contribution in [-0.4, -0.2) is 43.2 Å². The van der Waals surface area contributed by atoms with Gasteiger partial charge in [-0.3, -0.25) is 4.79 Å². The molecule has 1 aromatic rings. The van der Waals surface area contributed by atoms with Crippen LogP contribution in [0.1, 0.15) is 12.0 Å². The molecule has 4 nitrogen and oxygen atoms in total. The Labute approximate surface area is 124 Å². The highest BCUT2D eigenvalue weighted by Gasteiger charge is 2.30. The largest absolute Gasteiger partial charge is 0.337 e. The van der Waals surface area contributed by atoms with Gasteiger partial charge < -0.3 is 4.90 Å². The van der Waals surface area contributed by atoms with E-state index in [1.165, 1.54) is 0 Å². The Hall–Kier alpha value is -1.07. The second kappa shape index (κ2) is 6.59. The second-order valence-corrected chi connectivity index (χ2v) is 7.66. The van der Waals surface area contributed by atoms with Gasteiger partial charge in [-0.25, -0.2) is 8.42 Å². The van der Waals surface area contributed by atoms with Crippen molar-refractivity contribution in [2.24, 2.45) is 5.92 Å². The molecule has 1 aliphatic rings. The van der Waals surface area contributed by atoms with Crippen molar-refractivity contribution in [1.82, 2.24) is 4.90 Å². The molecule has 0 saturated carbocycles. The second-order valence-electron chi connectivity index (χ2n) is 5.16. The van der Waals surface area contributed by atoms with Crippen molar-refractivity contribution in [2.75, 3.05) is 23.9 Å². The molecule has 20 heavy (non-hydrogen) atoms. The number of sulfone groups is 1. The van der Waals surface area contributed by atoms with E-state index in [-0.39, 0.29) is 29.2 Å². The van der Waals surface area contributed by atoms with Gasteiger partial charge >= 0.3 is 0 Å². The number of carbonyl (C=O) groups excluding carboxylic acids is 1. The van der Waals surface area contributed by atoms with Gasteiger partial charge in [0.1, 0.15) is 5.88 Å². The Balaban J connectivity index is 2.03. The molecule has 1 aliphatic heterocycles. The molecule has 0 N–H and O–H groups in total. The molecule has 0 aromatic heterocycles. The minimum Gasteiger partial charge on any atom is -0.337 e. The third kappa shape index (κ3) is 4.21. The lowest BCUT2D eigenvalue weighted by Crippen LogP contribution is -2.36. The molecule has 2 rings (SSSR count). The van der Waals surface area contributed by atoms with E-state index >= 15 is 0 Å². The van der Waals surface area contributed by atoms with Gasteiger partial charge in [-0.05, 0) is 17.9 Å². The molecule has 1 saturated heterocycles. The van der Waals surface area contributed by atoms with Crippen molar-refractivity contribution in [2.45, 2.75) is 13.0 Å². The van der Waals surface area contributed by atoms with E-state index in [1.807, 2.05) is 30.3 Å². The molecular formula is C14H18ClNO3S. The fourth-order valence-corrected chi connectivity index (χ4v) is 4.49. The fraction of sp³-hybridized carbons (Fsp3) is 0.500. The first-order chi connectivity index (χ1) is 9.50. The Morgan fingerprint density at radius 1 is 1.30 bits per heavy atom. The number of halogens is 1. The lowest BCUT2D eigenvalue weighted by molar-refractivity contribution is -0.129. The standard InChI is InChI=1S/C14H18ClNO3S/c15-8-14(17)16(9-12-4-2-1-3-5-12)10-13-6-7-20(18,19)11-13/h1-5,13H,6-11H2/t13-/m0/s1. The third-order valence-corrected chi connectivity index (χ3v) is 5.55. The highest BCUT2D eigenvalue weighted by Crippen LogP contribution is 2.20. The average Bonchev–Trinajstić information content (AvgIpc) is 2.77. The van der Waals surface area contributed by atoms with Crippen molar-refractivity contribution in [1.29, 1.82) is 0 Å². The highest BCUT2D eigenvalue weighted by molar-refractivity contribution is 7.91. The number of carbonyl (C=O) groups is 1. The van der Waals surface area contributed by atoms with Crippen molar-refractivity contribution < 1.29 is 13.2 Å². The van der Waals surface area contributed by atoms with Crippen molar-refractivity contribution in [3.05, 3.63) is 35.9 Å². The minimum absolute atomic E-state index is 0.0240. The molecular weight excluding hydrogens is 298 g/mol. The number of amides is 1. The summed E-state index contributed by atoms with van der Waals surface area (Å²) in [6, 6.07) is 9.64. The zero-order valence-electron chi connectivity index (χ0n) is 11.2. The van der Waals surface area contributed by atoms with Crippen LogP contribution < -0.4 is 0 Å². The summed E-state index contributed by atoms with van der Waals surface area (Å²) in [6.07, 6.45) is 0.628.